The SMILES string of the molecule is Cl.c1ccc(Oc2ccc(OC[C@@H]3CCCCN3)cc2)cc1. The molecule has 0 bridgehead atoms. The third-order valence-electron chi connectivity index (χ3n) is 3.67. The van der Waals surface area contributed by atoms with Gasteiger partial charge in [-0.2, -0.15) is 0 Å². The molecule has 2 aromatic carbocycles. The number of nitrogens with one attached hydrogen (secondary N) is 1. The summed E-state index contributed by atoms with van der Waals surface area (Å²) in [6, 6.07) is 18.1. The fourth-order valence-corrected chi connectivity index (χ4v) is 2.49. The Kier molecular flexibility index (Phi) is 6.56. The predicted molar refractivity (Wildman–Crippen MR) is 91.3 cm³/mol. The van der Waals surface area contributed by atoms with E-state index in [-0.39, 0.29) is 12.4 Å². The molecular weight excluding hydrogens is 298 g/mol. The number of halogens is 1. The van der Waals surface area contributed by atoms with Crippen LogP contribution in [0.3, 0.4) is 0 Å². The molecule has 0 spiro atoms. The summed E-state index contributed by atoms with van der Waals surface area (Å²) in [5, 5.41) is 3.48. The topological polar surface area (TPSA) is 30.5 Å². The van der Waals surface area contributed by atoms with E-state index in [4.69, 9.17) is 9.47 Å². The quantitative estimate of drug-likeness (QED) is 0.884. The van der Waals surface area contributed by atoms with Gasteiger partial charge in [0.15, 0.2) is 0 Å². The molecular formula is C18H22ClNO2. The second-order valence-corrected chi connectivity index (χ2v) is 5.34. The zero-order valence-electron chi connectivity index (χ0n) is 12.5. The van der Waals surface area contributed by atoms with Crippen molar-refractivity contribution < 1.29 is 9.47 Å². The van der Waals surface area contributed by atoms with Crippen LogP contribution in [0, 0.1) is 0 Å². The van der Waals surface area contributed by atoms with E-state index >= 15 is 0 Å². The number of rotatable bonds is 5. The average molecular weight is 320 g/mol. The number of hydrogen-bond acceptors (Lipinski definition) is 3. The van der Waals surface area contributed by atoms with E-state index < -0.39 is 0 Å². The van der Waals surface area contributed by atoms with Gasteiger partial charge >= 0.3 is 0 Å². The molecule has 0 saturated carbocycles. The first-order valence-electron chi connectivity index (χ1n) is 7.59. The van der Waals surface area contributed by atoms with Gasteiger partial charge in [0.05, 0.1) is 0 Å². The Bertz CT molecular complexity index is 539. The zero-order chi connectivity index (χ0) is 14.3. The highest BCUT2D eigenvalue weighted by Gasteiger charge is 2.12. The lowest BCUT2D eigenvalue weighted by atomic mass is 10.1. The number of benzene rings is 2. The van der Waals surface area contributed by atoms with Gasteiger partial charge < -0.3 is 14.8 Å². The molecule has 0 aliphatic carbocycles. The fraction of sp³-hybridized carbons (Fsp3) is 0.333. The first-order chi connectivity index (χ1) is 10.4. The maximum Gasteiger partial charge on any atom is 0.127 e. The summed E-state index contributed by atoms with van der Waals surface area (Å²) in [4.78, 5) is 0. The highest BCUT2D eigenvalue weighted by atomic mass is 35.5. The van der Waals surface area contributed by atoms with Gasteiger partial charge in [-0.05, 0) is 55.8 Å². The molecule has 1 aliphatic rings. The smallest absolute Gasteiger partial charge is 0.127 e. The van der Waals surface area contributed by atoms with Gasteiger partial charge in [0, 0.05) is 6.04 Å². The van der Waals surface area contributed by atoms with Crippen LogP contribution in [0.15, 0.2) is 54.6 Å². The van der Waals surface area contributed by atoms with Crippen molar-refractivity contribution in [3.8, 4) is 17.2 Å². The molecule has 1 N–H and O–H groups in total. The van der Waals surface area contributed by atoms with E-state index in [0.29, 0.717) is 6.04 Å². The molecule has 118 valence electrons. The van der Waals surface area contributed by atoms with Crippen molar-refractivity contribution in [3.63, 3.8) is 0 Å². The third kappa shape index (κ3) is 4.93. The summed E-state index contributed by atoms with van der Waals surface area (Å²) in [7, 11) is 0. The van der Waals surface area contributed by atoms with Gasteiger partial charge in [-0.15, -0.1) is 12.4 Å². The first kappa shape index (κ1) is 16.7. The highest BCUT2D eigenvalue weighted by molar-refractivity contribution is 5.85. The molecule has 1 aliphatic heterocycles. The van der Waals surface area contributed by atoms with Crippen molar-refractivity contribution in [1.29, 1.82) is 0 Å². The molecule has 0 unspecified atom stereocenters. The number of para-hydroxylation sites is 1. The molecule has 1 saturated heterocycles. The maximum absolute atomic E-state index is 5.83. The fourth-order valence-electron chi connectivity index (χ4n) is 2.49. The lowest BCUT2D eigenvalue weighted by Gasteiger charge is -2.23. The van der Waals surface area contributed by atoms with Gasteiger partial charge in [0.25, 0.3) is 0 Å². The van der Waals surface area contributed by atoms with Crippen LogP contribution >= 0.6 is 12.4 Å². The van der Waals surface area contributed by atoms with Crippen LogP contribution in [0.4, 0.5) is 0 Å². The van der Waals surface area contributed by atoms with Gasteiger partial charge in [-0.25, -0.2) is 0 Å². The monoisotopic (exact) mass is 319 g/mol. The van der Waals surface area contributed by atoms with Crippen molar-refractivity contribution >= 4 is 12.4 Å². The summed E-state index contributed by atoms with van der Waals surface area (Å²) in [6.45, 7) is 1.84. The van der Waals surface area contributed by atoms with Crippen LogP contribution < -0.4 is 14.8 Å². The highest BCUT2D eigenvalue weighted by Crippen LogP contribution is 2.23. The summed E-state index contributed by atoms with van der Waals surface area (Å²) in [5.74, 6) is 2.56. The second-order valence-electron chi connectivity index (χ2n) is 5.34. The molecule has 3 nitrogen and oxygen atoms in total. The Labute approximate surface area is 138 Å². The normalized spacial score (nSPS) is 17.4. The Morgan fingerprint density at radius 3 is 2.23 bits per heavy atom. The van der Waals surface area contributed by atoms with Crippen molar-refractivity contribution in [3.05, 3.63) is 54.6 Å². The van der Waals surface area contributed by atoms with Crippen LogP contribution in [-0.4, -0.2) is 19.2 Å². The summed E-state index contributed by atoms with van der Waals surface area (Å²) < 4.78 is 11.6. The molecule has 1 fully saturated rings. The molecule has 22 heavy (non-hydrogen) atoms. The zero-order valence-corrected chi connectivity index (χ0v) is 13.4. The summed E-state index contributed by atoms with van der Waals surface area (Å²) >= 11 is 0. The Balaban J connectivity index is 0.00000176. The molecule has 3 rings (SSSR count). The van der Waals surface area contributed by atoms with Crippen LogP contribution in [-0.2, 0) is 0 Å². The molecule has 0 amide bonds. The largest absolute Gasteiger partial charge is 0.492 e. The minimum Gasteiger partial charge on any atom is -0.492 e. The number of piperidine rings is 1. The van der Waals surface area contributed by atoms with Crippen molar-refractivity contribution in [2.45, 2.75) is 25.3 Å². The van der Waals surface area contributed by atoms with Gasteiger partial charge in [0.1, 0.15) is 23.9 Å². The van der Waals surface area contributed by atoms with Crippen LogP contribution in [0.25, 0.3) is 0 Å². The van der Waals surface area contributed by atoms with Gasteiger partial charge in [0.2, 0.25) is 0 Å². The maximum atomic E-state index is 5.83. The van der Waals surface area contributed by atoms with Gasteiger partial charge in [-0.1, -0.05) is 24.6 Å². The second kappa shape index (κ2) is 8.66. The van der Waals surface area contributed by atoms with Crippen molar-refractivity contribution in [1.82, 2.24) is 5.32 Å². The van der Waals surface area contributed by atoms with Gasteiger partial charge in [-0.3, -0.25) is 0 Å². The van der Waals surface area contributed by atoms with E-state index in [2.05, 4.69) is 5.32 Å². The Hall–Kier alpha value is -1.71. The lowest BCUT2D eigenvalue weighted by molar-refractivity contribution is 0.239. The molecule has 0 aromatic heterocycles. The Morgan fingerprint density at radius 2 is 1.55 bits per heavy atom. The standard InChI is InChI=1S/C18H21NO2.ClH/c1-2-7-17(8-3-1)21-18-11-9-16(10-12-18)20-14-15-6-4-5-13-19-15;/h1-3,7-12,15,19H,4-6,13-14H2;1H/t15-;/m0./s1. The van der Waals surface area contributed by atoms with Crippen LogP contribution in [0.2, 0.25) is 0 Å². The first-order valence-corrected chi connectivity index (χ1v) is 7.59. The molecule has 4 heteroatoms. The molecule has 2 aromatic rings. The Morgan fingerprint density at radius 1 is 0.864 bits per heavy atom. The minimum atomic E-state index is 0. The molecule has 1 atom stereocenters. The third-order valence-corrected chi connectivity index (χ3v) is 3.67. The van der Waals surface area contributed by atoms with Crippen LogP contribution in [0.5, 0.6) is 17.2 Å². The van der Waals surface area contributed by atoms with E-state index in [9.17, 15) is 0 Å². The lowest BCUT2D eigenvalue weighted by Crippen LogP contribution is -2.38. The predicted octanol–water partition coefficient (Wildman–Crippen LogP) is 4.42. The number of hydrogen-bond donors (Lipinski definition) is 1. The van der Waals surface area contributed by atoms with Crippen molar-refractivity contribution in [2.75, 3.05) is 13.2 Å². The summed E-state index contributed by atoms with van der Waals surface area (Å²) in [6.07, 6.45) is 3.78. The van der Waals surface area contributed by atoms with E-state index in [0.717, 1.165) is 30.4 Å². The van der Waals surface area contributed by atoms with Crippen LogP contribution in [0.1, 0.15) is 19.3 Å². The number of ether oxygens (including phenoxy) is 2. The van der Waals surface area contributed by atoms with Crippen molar-refractivity contribution in [2.24, 2.45) is 0 Å². The average Bonchev–Trinajstić information content (AvgIpc) is 2.56. The summed E-state index contributed by atoms with van der Waals surface area (Å²) in [5.41, 5.74) is 0. The molecule has 0 radical (unpaired) electrons. The van der Waals surface area contributed by atoms with E-state index in [1.807, 2.05) is 54.6 Å². The van der Waals surface area contributed by atoms with E-state index in [1.165, 1.54) is 19.3 Å². The molecule has 1 heterocycles. The minimum absolute atomic E-state index is 0. The van der Waals surface area contributed by atoms with E-state index in [1.54, 1.807) is 0 Å².